The molecule has 3 amide bonds. The molecule has 1 aromatic rings. The highest BCUT2D eigenvalue weighted by Gasteiger charge is 2.41. The van der Waals surface area contributed by atoms with Crippen LogP contribution in [-0.2, 0) is 11.3 Å². The van der Waals surface area contributed by atoms with Crippen molar-refractivity contribution in [1.82, 2.24) is 9.80 Å². The van der Waals surface area contributed by atoms with E-state index in [1.54, 1.807) is 6.92 Å². The minimum Gasteiger partial charge on any atom is -0.449 e. The minimum absolute atomic E-state index is 0.00385. The Balaban J connectivity index is 2.19. The molecule has 0 saturated carbocycles. The van der Waals surface area contributed by atoms with Crippen LogP contribution in [0.15, 0.2) is 42.5 Å². The highest BCUT2D eigenvalue weighted by molar-refractivity contribution is 5.93. The number of urea groups is 1. The van der Waals surface area contributed by atoms with Gasteiger partial charge in [0.15, 0.2) is 0 Å². The number of nitrogens with zero attached hydrogens (tertiary/aromatic N) is 2. The van der Waals surface area contributed by atoms with E-state index < -0.39 is 24.2 Å². The van der Waals surface area contributed by atoms with Gasteiger partial charge in [-0.1, -0.05) is 30.3 Å². The summed E-state index contributed by atoms with van der Waals surface area (Å²) in [4.78, 5) is 26.2. The molecular weight excluding hydrogens is 294 g/mol. The van der Waals surface area contributed by atoms with E-state index in [1.807, 2.05) is 30.3 Å². The monoisotopic (exact) mass is 310 g/mol. The molecule has 1 atom stereocenters. The van der Waals surface area contributed by atoms with Gasteiger partial charge in [-0.3, -0.25) is 0 Å². The second kappa shape index (κ2) is 7.02. The molecule has 0 spiro atoms. The smallest absolute Gasteiger partial charge is 0.418 e. The van der Waals surface area contributed by atoms with Gasteiger partial charge >= 0.3 is 12.1 Å². The molecule has 1 aliphatic rings. The zero-order valence-corrected chi connectivity index (χ0v) is 12.0. The molecule has 1 heterocycles. The van der Waals surface area contributed by atoms with Crippen molar-refractivity contribution < 1.29 is 23.1 Å². The Bertz CT molecular complexity index is 573. The van der Waals surface area contributed by atoms with E-state index in [0.29, 0.717) is 6.08 Å². The van der Waals surface area contributed by atoms with Crippen molar-refractivity contribution in [2.45, 2.75) is 19.5 Å². The number of hydrogen-bond donors (Lipinski definition) is 0. The summed E-state index contributed by atoms with van der Waals surface area (Å²) < 4.78 is 29.9. The fraction of sp³-hybridized carbons (Fsp3) is 0.333. The first-order valence-corrected chi connectivity index (χ1v) is 6.84. The lowest BCUT2D eigenvalue weighted by Gasteiger charge is -2.18. The number of benzene rings is 1. The quantitative estimate of drug-likeness (QED) is 0.858. The van der Waals surface area contributed by atoms with Crippen LogP contribution in [0.2, 0.25) is 0 Å². The molecule has 22 heavy (non-hydrogen) atoms. The van der Waals surface area contributed by atoms with Gasteiger partial charge in [-0.05, 0) is 12.5 Å². The Kier molecular flexibility index (Phi) is 5.08. The van der Waals surface area contributed by atoms with E-state index in [4.69, 9.17) is 4.74 Å². The van der Waals surface area contributed by atoms with Gasteiger partial charge in [-0.15, -0.1) is 0 Å². The third kappa shape index (κ3) is 3.60. The number of hydrogen-bond acceptors (Lipinski definition) is 3. The second-order valence-corrected chi connectivity index (χ2v) is 4.74. The third-order valence-electron chi connectivity index (χ3n) is 3.21. The van der Waals surface area contributed by atoms with Gasteiger partial charge in [-0.2, -0.15) is 8.78 Å². The first-order chi connectivity index (χ1) is 10.5. The highest BCUT2D eigenvalue weighted by atomic mass is 19.3. The average molecular weight is 310 g/mol. The molecule has 0 N–H and O–H groups in total. The van der Waals surface area contributed by atoms with Crippen molar-refractivity contribution in [3.05, 3.63) is 48.1 Å². The molecule has 5 nitrogen and oxygen atoms in total. The highest BCUT2D eigenvalue weighted by Crippen LogP contribution is 2.22. The summed E-state index contributed by atoms with van der Waals surface area (Å²) in [6.45, 7) is 1.90. The maximum absolute atomic E-state index is 12.5. The minimum atomic E-state index is -1.94. The topological polar surface area (TPSA) is 49.9 Å². The number of amides is 3. The second-order valence-electron chi connectivity index (χ2n) is 4.74. The van der Waals surface area contributed by atoms with Crippen LogP contribution in [0.4, 0.5) is 18.4 Å². The molecule has 1 fully saturated rings. The molecule has 0 radical (unpaired) electrons. The number of carbonyl (C=O) groups is 2. The molecule has 0 aliphatic carbocycles. The third-order valence-corrected chi connectivity index (χ3v) is 3.21. The average Bonchev–Trinajstić information content (AvgIpc) is 2.75. The van der Waals surface area contributed by atoms with Gasteiger partial charge in [-0.25, -0.2) is 14.5 Å². The molecule has 118 valence electrons. The Morgan fingerprint density at radius 1 is 1.36 bits per heavy atom. The Labute approximate surface area is 126 Å². The summed E-state index contributed by atoms with van der Waals surface area (Å²) in [5, 5.41) is 0. The largest absolute Gasteiger partial charge is 0.449 e. The number of rotatable bonds is 4. The number of carbonyl (C=O) groups excluding carboxylic acids is 2. The lowest BCUT2D eigenvalue weighted by atomic mass is 10.2. The number of imide groups is 1. The van der Waals surface area contributed by atoms with E-state index in [2.05, 4.69) is 0 Å². The number of ether oxygens (including phenoxy) is 1. The Morgan fingerprint density at radius 3 is 2.64 bits per heavy atom. The molecule has 1 aliphatic heterocycles. The maximum atomic E-state index is 12.5. The first-order valence-electron chi connectivity index (χ1n) is 6.84. The summed E-state index contributed by atoms with van der Waals surface area (Å²) in [5.41, 5.74) is 0.852. The summed E-state index contributed by atoms with van der Waals surface area (Å²) in [5.74, 6) is 0. The molecule has 1 unspecified atom stereocenters. The van der Waals surface area contributed by atoms with Crippen molar-refractivity contribution in [3.8, 4) is 0 Å². The van der Waals surface area contributed by atoms with Crippen LogP contribution in [0.25, 0.3) is 0 Å². The first kappa shape index (κ1) is 15.9. The van der Waals surface area contributed by atoms with Crippen molar-refractivity contribution in [3.63, 3.8) is 0 Å². The van der Waals surface area contributed by atoms with Crippen LogP contribution in [0, 0.1) is 0 Å². The summed E-state index contributed by atoms with van der Waals surface area (Å²) in [7, 11) is 0. The van der Waals surface area contributed by atoms with Crippen molar-refractivity contribution >= 4 is 12.1 Å². The van der Waals surface area contributed by atoms with Gasteiger partial charge in [0.05, 0.1) is 12.6 Å². The SMILES string of the molecule is CCOC(=O)N1C(=O)N(Cc2ccccc2)CC1C=C(F)F. The van der Waals surface area contributed by atoms with E-state index in [9.17, 15) is 18.4 Å². The van der Waals surface area contributed by atoms with E-state index in [1.165, 1.54) is 4.90 Å². The molecule has 1 aromatic carbocycles. The maximum Gasteiger partial charge on any atom is 0.418 e. The number of halogens is 2. The van der Waals surface area contributed by atoms with Crippen molar-refractivity contribution in [2.75, 3.05) is 13.2 Å². The van der Waals surface area contributed by atoms with Gasteiger partial charge in [0.2, 0.25) is 0 Å². The van der Waals surface area contributed by atoms with Gasteiger partial charge in [0.25, 0.3) is 6.08 Å². The van der Waals surface area contributed by atoms with E-state index in [-0.39, 0.29) is 19.7 Å². The van der Waals surface area contributed by atoms with E-state index in [0.717, 1.165) is 10.5 Å². The fourth-order valence-corrected chi connectivity index (χ4v) is 2.29. The Hall–Kier alpha value is -2.44. The summed E-state index contributed by atoms with van der Waals surface area (Å²) >= 11 is 0. The molecule has 0 aromatic heterocycles. The molecule has 7 heteroatoms. The van der Waals surface area contributed by atoms with Crippen LogP contribution in [-0.4, -0.2) is 41.1 Å². The lowest BCUT2D eigenvalue weighted by molar-refractivity contribution is 0.114. The van der Waals surface area contributed by atoms with Crippen LogP contribution in [0.1, 0.15) is 12.5 Å². The van der Waals surface area contributed by atoms with Gasteiger partial charge < -0.3 is 9.64 Å². The summed E-state index contributed by atoms with van der Waals surface area (Å²) in [6.07, 6.45) is -2.25. The van der Waals surface area contributed by atoms with Gasteiger partial charge in [0, 0.05) is 19.2 Å². The normalized spacial score (nSPS) is 17.6. The lowest BCUT2D eigenvalue weighted by Crippen LogP contribution is -2.39. The van der Waals surface area contributed by atoms with Crippen LogP contribution in [0.3, 0.4) is 0 Å². The Morgan fingerprint density at radius 2 is 2.05 bits per heavy atom. The standard InChI is InChI=1S/C15H16F2N2O3/c1-2-22-15(21)19-12(8-13(16)17)10-18(14(19)20)9-11-6-4-3-5-7-11/h3-8,12H,2,9-10H2,1H3. The molecule has 2 rings (SSSR count). The molecular formula is C15H16F2N2O3. The predicted octanol–water partition coefficient (Wildman–Crippen LogP) is 3.23. The van der Waals surface area contributed by atoms with E-state index >= 15 is 0 Å². The zero-order chi connectivity index (χ0) is 16.1. The summed E-state index contributed by atoms with van der Waals surface area (Å²) in [6, 6.07) is 7.45. The fourth-order valence-electron chi connectivity index (χ4n) is 2.29. The zero-order valence-electron chi connectivity index (χ0n) is 12.0. The molecule has 0 bridgehead atoms. The van der Waals surface area contributed by atoms with Crippen LogP contribution >= 0.6 is 0 Å². The van der Waals surface area contributed by atoms with Crippen LogP contribution < -0.4 is 0 Å². The molecule has 1 saturated heterocycles. The van der Waals surface area contributed by atoms with Gasteiger partial charge in [0.1, 0.15) is 0 Å². The van der Waals surface area contributed by atoms with Crippen molar-refractivity contribution in [1.29, 1.82) is 0 Å². The van der Waals surface area contributed by atoms with Crippen molar-refractivity contribution in [2.24, 2.45) is 0 Å². The van der Waals surface area contributed by atoms with Crippen LogP contribution in [0.5, 0.6) is 0 Å². The predicted molar refractivity (Wildman–Crippen MR) is 75.2 cm³/mol.